The van der Waals surface area contributed by atoms with E-state index in [9.17, 15) is 8.42 Å². The second-order valence-corrected chi connectivity index (χ2v) is 8.57. The van der Waals surface area contributed by atoms with Gasteiger partial charge in [-0.3, -0.25) is 10.0 Å². The Morgan fingerprint density at radius 3 is 1.56 bits per heavy atom. The third kappa shape index (κ3) is 3.61. The summed E-state index contributed by atoms with van der Waals surface area (Å²) in [6, 6.07) is 27.5. The molecule has 0 amide bonds. The fourth-order valence-corrected chi connectivity index (χ4v) is 3.86. The van der Waals surface area contributed by atoms with Crippen LogP contribution in [-0.4, -0.2) is 28.0 Å². The minimum atomic E-state index is -3.21. The summed E-state index contributed by atoms with van der Waals surface area (Å²) in [6.45, 7) is 1.39. The highest BCUT2D eigenvalue weighted by Gasteiger charge is 2.29. The van der Waals surface area contributed by atoms with Crippen molar-refractivity contribution < 1.29 is 8.42 Å². The van der Waals surface area contributed by atoms with E-state index in [0.29, 0.717) is 18.2 Å². The third-order valence-corrected chi connectivity index (χ3v) is 5.77. The number of anilines is 3. The number of rotatable bonds is 4. The summed E-state index contributed by atoms with van der Waals surface area (Å²) in [6.07, 6.45) is 1.23. The molecule has 1 aliphatic heterocycles. The van der Waals surface area contributed by atoms with Gasteiger partial charge in [-0.1, -0.05) is 36.4 Å². The Hall–Kier alpha value is -2.99. The van der Waals surface area contributed by atoms with Crippen LogP contribution in [0.4, 0.5) is 17.1 Å². The maximum Gasteiger partial charge on any atom is 0.175 e. The van der Waals surface area contributed by atoms with Gasteiger partial charge in [-0.25, -0.2) is 8.42 Å². The Kier molecular flexibility index (Phi) is 4.49. The van der Waals surface area contributed by atoms with E-state index in [1.54, 1.807) is 12.1 Å². The van der Waals surface area contributed by atoms with Crippen LogP contribution in [0, 0.1) is 0 Å². The minimum Gasteiger partial charge on any atom is -0.332 e. The quantitative estimate of drug-likeness (QED) is 0.691. The molecule has 4 rings (SSSR count). The molecule has 0 spiro atoms. The lowest BCUT2D eigenvalue weighted by Gasteiger charge is -2.29. The molecule has 6 heteroatoms. The number of sulfone groups is 1. The van der Waals surface area contributed by atoms with Gasteiger partial charge in [0, 0.05) is 11.9 Å². The highest BCUT2D eigenvalue weighted by molar-refractivity contribution is 7.90. The van der Waals surface area contributed by atoms with E-state index in [2.05, 4.69) is 39.2 Å². The highest BCUT2D eigenvalue weighted by atomic mass is 32.2. The predicted molar refractivity (Wildman–Crippen MR) is 110 cm³/mol. The molecule has 5 nitrogen and oxygen atoms in total. The van der Waals surface area contributed by atoms with Gasteiger partial charge in [-0.15, -0.1) is 0 Å². The van der Waals surface area contributed by atoms with Crippen molar-refractivity contribution in [3.63, 3.8) is 0 Å². The van der Waals surface area contributed by atoms with E-state index in [-0.39, 0.29) is 0 Å². The maximum absolute atomic E-state index is 11.8. The molecular weight excluding hydrogens is 358 g/mol. The molecule has 3 aromatic carbocycles. The predicted octanol–water partition coefficient (Wildman–Crippen LogP) is 3.75. The number of nitrogens with zero attached hydrogens (tertiary/aromatic N) is 3. The Morgan fingerprint density at radius 2 is 1.07 bits per heavy atom. The van der Waals surface area contributed by atoms with Crippen molar-refractivity contribution in [1.29, 1.82) is 0 Å². The molecule has 1 aliphatic rings. The summed E-state index contributed by atoms with van der Waals surface area (Å²) in [4.78, 5) is 2.61. The molecule has 1 saturated heterocycles. The van der Waals surface area contributed by atoms with Crippen LogP contribution in [0.5, 0.6) is 0 Å². The first-order chi connectivity index (χ1) is 13.0. The lowest BCUT2D eigenvalue weighted by atomic mass is 10.3. The van der Waals surface area contributed by atoms with E-state index in [1.165, 1.54) is 6.26 Å². The van der Waals surface area contributed by atoms with Gasteiger partial charge in [-0.2, -0.15) is 0 Å². The number of para-hydroxylation sites is 2. The van der Waals surface area contributed by atoms with Crippen LogP contribution in [0.25, 0.3) is 0 Å². The van der Waals surface area contributed by atoms with Crippen molar-refractivity contribution in [2.24, 2.45) is 0 Å². The van der Waals surface area contributed by atoms with Crippen molar-refractivity contribution in [2.75, 3.05) is 34.5 Å². The van der Waals surface area contributed by atoms with Crippen molar-refractivity contribution in [3.05, 3.63) is 84.9 Å². The van der Waals surface area contributed by atoms with E-state index in [4.69, 9.17) is 0 Å². The smallest absolute Gasteiger partial charge is 0.175 e. The zero-order valence-corrected chi connectivity index (χ0v) is 15.9. The maximum atomic E-state index is 11.8. The van der Waals surface area contributed by atoms with E-state index in [1.807, 2.05) is 48.5 Å². The molecule has 138 valence electrons. The molecule has 1 heterocycles. The van der Waals surface area contributed by atoms with Crippen LogP contribution >= 0.6 is 0 Å². The molecule has 3 aromatic rings. The van der Waals surface area contributed by atoms with Crippen molar-refractivity contribution in [2.45, 2.75) is 4.90 Å². The average Bonchev–Trinajstić information content (AvgIpc) is 3.14. The van der Waals surface area contributed by atoms with Gasteiger partial charge < -0.3 is 4.90 Å². The zero-order chi connectivity index (χ0) is 18.9. The molecule has 0 aromatic heterocycles. The summed E-state index contributed by atoms with van der Waals surface area (Å²) in [7, 11) is -3.21. The van der Waals surface area contributed by atoms with Crippen LogP contribution in [0.2, 0.25) is 0 Å². The normalized spacial score (nSPS) is 14.6. The van der Waals surface area contributed by atoms with Gasteiger partial charge in [0.25, 0.3) is 0 Å². The monoisotopic (exact) mass is 379 g/mol. The third-order valence-electron chi connectivity index (χ3n) is 4.64. The minimum absolute atomic E-state index is 0.330. The van der Waals surface area contributed by atoms with Crippen LogP contribution in [0.1, 0.15) is 0 Å². The Bertz CT molecular complexity index is 1010. The van der Waals surface area contributed by atoms with Crippen molar-refractivity contribution >= 4 is 26.9 Å². The molecule has 0 unspecified atom stereocenters. The molecule has 0 N–H and O–H groups in total. The van der Waals surface area contributed by atoms with Gasteiger partial charge in [0.05, 0.1) is 16.3 Å². The molecular formula is C21H21N3O2S. The largest absolute Gasteiger partial charge is 0.332 e. The Morgan fingerprint density at radius 1 is 0.630 bits per heavy atom. The summed E-state index contributed by atoms with van der Waals surface area (Å²) < 4.78 is 23.5. The molecule has 0 bridgehead atoms. The van der Waals surface area contributed by atoms with Crippen LogP contribution < -0.4 is 14.9 Å². The SMILES string of the molecule is CS(=O)(=O)c1ccc(N2CN(c3ccccc3)CN2c2ccccc2)cc1. The first kappa shape index (κ1) is 17.4. The first-order valence-corrected chi connectivity index (χ1v) is 10.6. The fraction of sp³-hybridized carbons (Fsp3) is 0.143. The molecule has 0 atom stereocenters. The Balaban J connectivity index is 1.69. The number of benzene rings is 3. The Labute approximate surface area is 160 Å². The highest BCUT2D eigenvalue weighted by Crippen LogP contribution is 2.30. The van der Waals surface area contributed by atoms with Crippen LogP contribution in [-0.2, 0) is 9.84 Å². The van der Waals surface area contributed by atoms with E-state index >= 15 is 0 Å². The van der Waals surface area contributed by atoms with Gasteiger partial charge in [0.15, 0.2) is 9.84 Å². The lowest BCUT2D eigenvalue weighted by molar-refractivity contribution is 0.602. The molecule has 0 radical (unpaired) electrons. The fourth-order valence-electron chi connectivity index (χ4n) is 3.23. The lowest BCUT2D eigenvalue weighted by Crippen LogP contribution is -2.36. The molecule has 27 heavy (non-hydrogen) atoms. The van der Waals surface area contributed by atoms with Crippen molar-refractivity contribution in [3.8, 4) is 0 Å². The van der Waals surface area contributed by atoms with Gasteiger partial charge >= 0.3 is 0 Å². The van der Waals surface area contributed by atoms with Gasteiger partial charge in [0.2, 0.25) is 0 Å². The number of hydrogen-bond donors (Lipinski definition) is 0. The molecule has 0 saturated carbocycles. The summed E-state index contributed by atoms with van der Waals surface area (Å²) in [5.74, 6) is 0. The first-order valence-electron chi connectivity index (χ1n) is 8.72. The van der Waals surface area contributed by atoms with Gasteiger partial charge in [0.1, 0.15) is 13.3 Å². The van der Waals surface area contributed by atoms with E-state index < -0.39 is 9.84 Å². The molecule has 0 aliphatic carbocycles. The second kappa shape index (κ2) is 6.96. The summed E-state index contributed by atoms with van der Waals surface area (Å²) >= 11 is 0. The molecule has 1 fully saturated rings. The summed E-state index contributed by atoms with van der Waals surface area (Å²) in [5, 5.41) is 4.36. The summed E-state index contributed by atoms with van der Waals surface area (Å²) in [5.41, 5.74) is 3.18. The number of hydrazine groups is 1. The second-order valence-electron chi connectivity index (χ2n) is 6.56. The average molecular weight is 379 g/mol. The van der Waals surface area contributed by atoms with Crippen molar-refractivity contribution in [1.82, 2.24) is 0 Å². The van der Waals surface area contributed by atoms with Crippen LogP contribution in [0.3, 0.4) is 0 Å². The topological polar surface area (TPSA) is 43.9 Å². The van der Waals surface area contributed by atoms with Gasteiger partial charge in [-0.05, 0) is 48.5 Å². The zero-order valence-electron chi connectivity index (χ0n) is 15.1. The standard InChI is InChI=1S/C21H21N3O2S/c1-27(25,26)21-14-12-20(13-15-21)24-17-22(18-8-4-2-5-9-18)16-23(24)19-10-6-3-7-11-19/h2-15H,16-17H2,1H3. The van der Waals surface area contributed by atoms with E-state index in [0.717, 1.165) is 17.1 Å². The van der Waals surface area contributed by atoms with Crippen LogP contribution in [0.15, 0.2) is 89.8 Å². The number of hydrogen-bond acceptors (Lipinski definition) is 5.